The highest BCUT2D eigenvalue weighted by molar-refractivity contribution is 4.80. The molecule has 86 valence electrons. The molecule has 0 heterocycles. The maximum absolute atomic E-state index is 9.17. The predicted octanol–water partition coefficient (Wildman–Crippen LogP) is 0.0529. The molecule has 0 amide bonds. The Hall–Kier alpha value is -0.160. The number of aliphatic hydroxyl groups excluding tert-OH is 1. The molecule has 4 nitrogen and oxygen atoms in total. The Bertz CT molecular complexity index is 151. The molecule has 0 fully saturated rings. The van der Waals surface area contributed by atoms with Crippen LogP contribution in [-0.2, 0) is 4.74 Å². The summed E-state index contributed by atoms with van der Waals surface area (Å²) in [6.45, 7) is 8.01. The lowest BCUT2D eigenvalue weighted by atomic mass is 10.0. The summed E-state index contributed by atoms with van der Waals surface area (Å²) in [6.07, 6.45) is 0.0517. The molecule has 3 N–H and O–H groups in total. The van der Waals surface area contributed by atoms with Crippen molar-refractivity contribution in [2.75, 3.05) is 33.4 Å². The van der Waals surface area contributed by atoms with E-state index in [9.17, 15) is 0 Å². The second-order valence-electron chi connectivity index (χ2n) is 4.16. The van der Waals surface area contributed by atoms with Crippen molar-refractivity contribution in [3.8, 4) is 0 Å². The normalized spacial score (nSPS) is 14.8. The highest BCUT2D eigenvalue weighted by atomic mass is 16.5. The van der Waals surface area contributed by atoms with Crippen LogP contribution in [0.5, 0.6) is 0 Å². The van der Waals surface area contributed by atoms with Gasteiger partial charge in [-0.3, -0.25) is 4.90 Å². The first-order chi connectivity index (χ1) is 6.47. The molecule has 0 aromatic heterocycles. The number of likely N-dealkylation sites (N-methyl/N-ethyl adjacent to an activating group) is 1. The second kappa shape index (κ2) is 6.35. The van der Waals surface area contributed by atoms with Crippen LogP contribution in [0.3, 0.4) is 0 Å². The van der Waals surface area contributed by atoms with Gasteiger partial charge in [0.05, 0.1) is 12.7 Å². The fourth-order valence-electron chi connectivity index (χ4n) is 1.10. The third-order valence-electron chi connectivity index (χ3n) is 2.56. The van der Waals surface area contributed by atoms with Gasteiger partial charge >= 0.3 is 0 Å². The van der Waals surface area contributed by atoms with Crippen LogP contribution >= 0.6 is 0 Å². The molecule has 1 atom stereocenters. The molecule has 0 rings (SSSR count). The number of hydrogen-bond donors (Lipinski definition) is 2. The summed E-state index contributed by atoms with van der Waals surface area (Å²) in [4.78, 5) is 2.07. The Morgan fingerprint density at radius 3 is 2.43 bits per heavy atom. The Kier molecular flexibility index (Phi) is 6.27. The number of nitrogens with two attached hydrogens (primary N) is 1. The van der Waals surface area contributed by atoms with Crippen LogP contribution in [0.25, 0.3) is 0 Å². The van der Waals surface area contributed by atoms with Gasteiger partial charge in [-0.05, 0) is 27.8 Å². The van der Waals surface area contributed by atoms with E-state index in [0.29, 0.717) is 13.2 Å². The summed E-state index contributed by atoms with van der Waals surface area (Å²) in [5.41, 5.74) is 5.36. The number of rotatable bonds is 7. The highest BCUT2D eigenvalue weighted by Crippen LogP contribution is 2.11. The van der Waals surface area contributed by atoms with Crippen molar-refractivity contribution in [3.63, 3.8) is 0 Å². The molecule has 0 aromatic carbocycles. The van der Waals surface area contributed by atoms with Crippen molar-refractivity contribution >= 4 is 0 Å². The van der Waals surface area contributed by atoms with Gasteiger partial charge in [-0.25, -0.2) is 0 Å². The highest BCUT2D eigenvalue weighted by Gasteiger charge is 2.24. The lowest BCUT2D eigenvalue weighted by Gasteiger charge is -2.35. The summed E-state index contributed by atoms with van der Waals surface area (Å²) in [6, 6.07) is 0. The quantitative estimate of drug-likeness (QED) is 0.615. The van der Waals surface area contributed by atoms with E-state index in [0.717, 1.165) is 6.54 Å². The Morgan fingerprint density at radius 1 is 1.50 bits per heavy atom. The van der Waals surface area contributed by atoms with Crippen molar-refractivity contribution in [2.24, 2.45) is 5.73 Å². The van der Waals surface area contributed by atoms with Crippen molar-refractivity contribution in [3.05, 3.63) is 0 Å². The van der Waals surface area contributed by atoms with Crippen molar-refractivity contribution < 1.29 is 9.84 Å². The van der Waals surface area contributed by atoms with E-state index in [2.05, 4.69) is 4.90 Å². The van der Waals surface area contributed by atoms with Crippen molar-refractivity contribution in [2.45, 2.75) is 32.4 Å². The molecule has 0 aromatic rings. The van der Waals surface area contributed by atoms with E-state index >= 15 is 0 Å². The van der Waals surface area contributed by atoms with E-state index in [1.165, 1.54) is 0 Å². The van der Waals surface area contributed by atoms with Crippen LogP contribution in [0.15, 0.2) is 0 Å². The van der Waals surface area contributed by atoms with Crippen LogP contribution in [-0.4, -0.2) is 55.0 Å². The fourth-order valence-corrected chi connectivity index (χ4v) is 1.10. The maximum atomic E-state index is 9.17. The third kappa shape index (κ3) is 4.37. The summed E-state index contributed by atoms with van der Waals surface area (Å²) in [5.74, 6) is 0. The van der Waals surface area contributed by atoms with E-state index in [1.54, 1.807) is 0 Å². The smallest absolute Gasteiger partial charge is 0.0823 e. The van der Waals surface area contributed by atoms with E-state index in [1.807, 2.05) is 27.8 Å². The Labute approximate surface area is 87.0 Å². The molecule has 0 aliphatic rings. The Morgan fingerprint density at radius 2 is 2.07 bits per heavy atom. The van der Waals surface area contributed by atoms with Gasteiger partial charge in [0.25, 0.3) is 0 Å². The van der Waals surface area contributed by atoms with Crippen LogP contribution in [0.2, 0.25) is 0 Å². The topological polar surface area (TPSA) is 58.7 Å². The van der Waals surface area contributed by atoms with Gasteiger partial charge in [0, 0.05) is 25.2 Å². The van der Waals surface area contributed by atoms with Gasteiger partial charge in [-0.2, -0.15) is 0 Å². The molecule has 4 heteroatoms. The molecule has 0 saturated carbocycles. The van der Waals surface area contributed by atoms with Gasteiger partial charge < -0.3 is 15.6 Å². The molecule has 0 saturated heterocycles. The van der Waals surface area contributed by atoms with Gasteiger partial charge in [0.1, 0.15) is 0 Å². The first-order valence-electron chi connectivity index (χ1n) is 5.11. The van der Waals surface area contributed by atoms with Crippen molar-refractivity contribution in [1.29, 1.82) is 0 Å². The second-order valence-corrected chi connectivity index (χ2v) is 4.16. The minimum atomic E-state index is -0.218. The number of aliphatic hydroxyl groups is 1. The van der Waals surface area contributed by atoms with E-state index in [4.69, 9.17) is 15.6 Å². The standard InChI is InChI=1S/C10H24N2O2/c1-5-14-9(6-11)7-12(4)10(2,3)8-13/h9,13H,5-8,11H2,1-4H3. The van der Waals surface area contributed by atoms with Gasteiger partial charge in [-0.1, -0.05) is 0 Å². The van der Waals surface area contributed by atoms with E-state index < -0.39 is 0 Å². The lowest BCUT2D eigenvalue weighted by Crippen LogP contribution is -2.49. The molecule has 0 aliphatic carbocycles. The number of nitrogens with zero attached hydrogens (tertiary/aromatic N) is 1. The average Bonchev–Trinajstić information content (AvgIpc) is 2.16. The molecular formula is C10H24N2O2. The summed E-state index contributed by atoms with van der Waals surface area (Å²) < 4.78 is 5.45. The SMILES string of the molecule is CCOC(CN)CN(C)C(C)(C)CO. The molecule has 0 radical (unpaired) electrons. The van der Waals surface area contributed by atoms with Crippen LogP contribution < -0.4 is 5.73 Å². The molecule has 0 spiro atoms. The number of ether oxygens (including phenoxy) is 1. The number of hydrogen-bond acceptors (Lipinski definition) is 4. The van der Waals surface area contributed by atoms with Crippen LogP contribution in [0.1, 0.15) is 20.8 Å². The third-order valence-corrected chi connectivity index (χ3v) is 2.56. The van der Waals surface area contributed by atoms with Crippen LogP contribution in [0, 0.1) is 0 Å². The average molecular weight is 204 g/mol. The predicted molar refractivity (Wildman–Crippen MR) is 58.3 cm³/mol. The minimum Gasteiger partial charge on any atom is -0.394 e. The maximum Gasteiger partial charge on any atom is 0.0823 e. The van der Waals surface area contributed by atoms with Crippen molar-refractivity contribution in [1.82, 2.24) is 4.90 Å². The lowest BCUT2D eigenvalue weighted by molar-refractivity contribution is 0.00406. The molecule has 1 unspecified atom stereocenters. The fraction of sp³-hybridized carbons (Fsp3) is 1.00. The Balaban J connectivity index is 4.07. The monoisotopic (exact) mass is 204 g/mol. The van der Waals surface area contributed by atoms with E-state index in [-0.39, 0.29) is 18.2 Å². The van der Waals surface area contributed by atoms with Gasteiger partial charge in [-0.15, -0.1) is 0 Å². The molecule has 0 bridgehead atoms. The largest absolute Gasteiger partial charge is 0.394 e. The first-order valence-corrected chi connectivity index (χ1v) is 5.11. The minimum absolute atomic E-state index is 0.0517. The summed E-state index contributed by atoms with van der Waals surface area (Å²) in [5, 5.41) is 9.17. The van der Waals surface area contributed by atoms with Gasteiger partial charge in [0.2, 0.25) is 0 Å². The van der Waals surface area contributed by atoms with Crippen LogP contribution in [0.4, 0.5) is 0 Å². The molecular weight excluding hydrogens is 180 g/mol. The summed E-state index contributed by atoms with van der Waals surface area (Å²) >= 11 is 0. The van der Waals surface area contributed by atoms with Gasteiger partial charge in [0.15, 0.2) is 0 Å². The summed E-state index contributed by atoms with van der Waals surface area (Å²) in [7, 11) is 1.97. The zero-order chi connectivity index (χ0) is 11.2. The zero-order valence-electron chi connectivity index (χ0n) is 9.79. The zero-order valence-corrected chi connectivity index (χ0v) is 9.79. The molecule has 14 heavy (non-hydrogen) atoms. The first kappa shape index (κ1) is 13.8. The molecule has 0 aliphatic heterocycles.